The van der Waals surface area contributed by atoms with Crippen LogP contribution >= 0.6 is 0 Å². The molecule has 0 radical (unpaired) electrons. The van der Waals surface area contributed by atoms with E-state index in [1.807, 2.05) is 12.1 Å². The molecule has 2 atom stereocenters. The summed E-state index contributed by atoms with van der Waals surface area (Å²) in [6.45, 7) is 13.3. The predicted octanol–water partition coefficient (Wildman–Crippen LogP) is 5.03. The number of aromatic nitrogens is 3. The second-order valence-electron chi connectivity index (χ2n) is 11.1. The monoisotopic (exact) mass is 609 g/mol. The summed E-state index contributed by atoms with van der Waals surface area (Å²) < 4.78 is 33.0. The highest BCUT2D eigenvalue weighted by atomic mass is 19.1. The molecule has 4 heterocycles. The van der Waals surface area contributed by atoms with Crippen LogP contribution < -0.4 is 9.64 Å². The zero-order valence-electron chi connectivity index (χ0n) is 25.1. The summed E-state index contributed by atoms with van der Waals surface area (Å²) in [6, 6.07) is 15.1. The average molecular weight is 610 g/mol. The molecule has 0 spiro atoms. The van der Waals surface area contributed by atoms with Crippen molar-refractivity contribution in [2.75, 3.05) is 44.8 Å². The van der Waals surface area contributed by atoms with Gasteiger partial charge in [0.1, 0.15) is 24.1 Å². The molecule has 0 saturated carbocycles. The quantitative estimate of drug-likeness (QED) is 0.191. The number of hydrogen-bond acceptors (Lipinski definition) is 9. The largest absolute Gasteiger partial charge is 0.473 e. The van der Waals surface area contributed by atoms with Gasteiger partial charge < -0.3 is 23.7 Å². The Labute approximate surface area is 260 Å². The summed E-state index contributed by atoms with van der Waals surface area (Å²) in [5, 5.41) is 9.65. The Kier molecular flexibility index (Phi) is 8.60. The van der Waals surface area contributed by atoms with Crippen LogP contribution in [-0.2, 0) is 22.6 Å². The van der Waals surface area contributed by atoms with Crippen LogP contribution in [0.25, 0.3) is 15.9 Å². The van der Waals surface area contributed by atoms with Gasteiger partial charge in [-0.25, -0.2) is 19.0 Å². The number of nitriles is 1. The summed E-state index contributed by atoms with van der Waals surface area (Å²) in [5.74, 6) is 0.841. The van der Waals surface area contributed by atoms with Crippen molar-refractivity contribution in [3.8, 4) is 11.9 Å². The van der Waals surface area contributed by atoms with Gasteiger partial charge in [-0.3, -0.25) is 4.90 Å². The van der Waals surface area contributed by atoms with Gasteiger partial charge in [-0.05, 0) is 43.7 Å². The number of rotatable bonds is 9. The van der Waals surface area contributed by atoms with Gasteiger partial charge in [0.05, 0.1) is 60.6 Å². The van der Waals surface area contributed by atoms with Crippen molar-refractivity contribution >= 4 is 28.5 Å². The van der Waals surface area contributed by atoms with E-state index in [2.05, 4.69) is 37.2 Å². The van der Waals surface area contributed by atoms with Gasteiger partial charge in [0.15, 0.2) is 5.69 Å². The molecule has 4 aromatic rings. The number of fused-ring (bicyclic) bond motifs is 1. The first-order valence-corrected chi connectivity index (χ1v) is 14.8. The molecular weight excluding hydrogens is 577 g/mol. The van der Waals surface area contributed by atoms with Gasteiger partial charge in [0.25, 0.3) is 0 Å². The van der Waals surface area contributed by atoms with Crippen molar-refractivity contribution < 1.29 is 23.4 Å². The standard InChI is InChI=1S/C33H32FN7O4/c1-21(32-37-28-7-5-23(33(42)43-3)16-29(28)41(32)19-26-8-13-44-26)39-9-11-40(12-10-39)30-14-22(18-35)15-31(38-30)45-20-24-4-6-25(36-2)17-27(24)34/h4-7,14-17,21,26H,8-13,19-20H2,1,3H3/t21-,26-/m0/s1. The van der Waals surface area contributed by atoms with Gasteiger partial charge in [0, 0.05) is 44.4 Å². The highest BCUT2D eigenvalue weighted by Gasteiger charge is 2.29. The fraction of sp³-hybridized carbons (Fsp3) is 0.364. The molecule has 2 aromatic heterocycles. The first-order chi connectivity index (χ1) is 21.9. The third-order valence-corrected chi connectivity index (χ3v) is 8.40. The van der Waals surface area contributed by atoms with Gasteiger partial charge in [-0.2, -0.15) is 10.2 Å². The molecule has 11 nitrogen and oxygen atoms in total. The summed E-state index contributed by atoms with van der Waals surface area (Å²) in [5.41, 5.74) is 3.08. The van der Waals surface area contributed by atoms with E-state index in [0.29, 0.717) is 42.1 Å². The molecule has 0 N–H and O–H groups in total. The van der Waals surface area contributed by atoms with Crippen LogP contribution in [0.15, 0.2) is 48.5 Å². The summed E-state index contributed by atoms with van der Waals surface area (Å²) in [6.07, 6.45) is 1.09. The van der Waals surface area contributed by atoms with Gasteiger partial charge in [-0.1, -0.05) is 12.1 Å². The molecule has 45 heavy (non-hydrogen) atoms. The van der Waals surface area contributed by atoms with Crippen molar-refractivity contribution in [1.82, 2.24) is 19.4 Å². The van der Waals surface area contributed by atoms with Gasteiger partial charge >= 0.3 is 5.97 Å². The number of halogens is 1. The van der Waals surface area contributed by atoms with E-state index >= 15 is 0 Å². The molecule has 2 aliphatic rings. The molecule has 0 bridgehead atoms. The maximum atomic E-state index is 14.4. The summed E-state index contributed by atoms with van der Waals surface area (Å²) in [7, 11) is 1.37. The topological polar surface area (TPSA) is 110 Å². The fourth-order valence-corrected chi connectivity index (χ4v) is 5.70. The third kappa shape index (κ3) is 6.29. The van der Waals surface area contributed by atoms with E-state index in [4.69, 9.17) is 25.8 Å². The number of pyridine rings is 1. The van der Waals surface area contributed by atoms with E-state index in [1.165, 1.54) is 31.4 Å². The minimum Gasteiger partial charge on any atom is -0.473 e. The lowest BCUT2D eigenvalue weighted by atomic mass is 10.1. The van der Waals surface area contributed by atoms with Crippen molar-refractivity contribution in [2.24, 2.45) is 0 Å². The van der Waals surface area contributed by atoms with E-state index in [-0.39, 0.29) is 36.3 Å². The SMILES string of the molecule is [C-]#[N+]c1ccc(COc2cc(C#N)cc(N3CCN([C@@H](C)c4nc5ccc(C(=O)OC)cc5n4C[C@@H]4CCO4)CC3)n2)c(F)c1. The molecule has 0 unspecified atom stereocenters. The fourth-order valence-electron chi connectivity index (χ4n) is 5.70. The first kappa shape index (κ1) is 30.0. The van der Waals surface area contributed by atoms with E-state index in [9.17, 15) is 14.4 Å². The molecule has 2 saturated heterocycles. The molecule has 6 rings (SSSR count). The number of imidazole rings is 1. The lowest BCUT2D eigenvalue weighted by molar-refractivity contribution is -0.0594. The molecule has 12 heteroatoms. The van der Waals surface area contributed by atoms with Crippen LogP contribution in [0.1, 0.15) is 46.7 Å². The number of ether oxygens (including phenoxy) is 3. The zero-order valence-corrected chi connectivity index (χ0v) is 25.1. The van der Waals surface area contributed by atoms with Crippen LogP contribution in [0.3, 0.4) is 0 Å². The molecule has 0 aliphatic carbocycles. The maximum Gasteiger partial charge on any atom is 0.337 e. The second kappa shape index (κ2) is 12.9. The van der Waals surface area contributed by atoms with Crippen LogP contribution in [0.4, 0.5) is 15.9 Å². The molecule has 0 amide bonds. The smallest absolute Gasteiger partial charge is 0.337 e. The van der Waals surface area contributed by atoms with Gasteiger partial charge in [0.2, 0.25) is 5.88 Å². The Morgan fingerprint density at radius 2 is 1.98 bits per heavy atom. The average Bonchev–Trinajstić information content (AvgIpc) is 3.42. The molecule has 2 fully saturated rings. The number of carbonyl (C=O) groups is 1. The zero-order chi connectivity index (χ0) is 31.5. The van der Waals surface area contributed by atoms with Gasteiger partial charge in [-0.15, -0.1) is 0 Å². The first-order valence-electron chi connectivity index (χ1n) is 14.8. The normalized spacial score (nSPS) is 17.3. The molecule has 230 valence electrons. The lowest BCUT2D eigenvalue weighted by Crippen LogP contribution is -2.48. The molecular formula is C33H32FN7O4. The Bertz CT molecular complexity index is 1820. The number of benzene rings is 2. The third-order valence-electron chi connectivity index (χ3n) is 8.40. The summed E-state index contributed by atoms with van der Waals surface area (Å²) in [4.78, 5) is 29.6. The van der Waals surface area contributed by atoms with E-state index in [0.717, 1.165) is 43.0 Å². The van der Waals surface area contributed by atoms with Crippen molar-refractivity contribution in [2.45, 2.75) is 38.6 Å². The minimum absolute atomic E-state index is 0.0114. The van der Waals surface area contributed by atoms with Crippen molar-refractivity contribution in [1.29, 1.82) is 5.26 Å². The summed E-state index contributed by atoms with van der Waals surface area (Å²) >= 11 is 0. The number of methoxy groups -OCH3 is 1. The minimum atomic E-state index is -0.525. The van der Waals surface area contributed by atoms with Crippen LogP contribution in [0.2, 0.25) is 0 Å². The molecule has 2 aromatic carbocycles. The van der Waals surface area contributed by atoms with E-state index < -0.39 is 5.82 Å². The Balaban J connectivity index is 1.17. The van der Waals surface area contributed by atoms with Crippen LogP contribution in [0.5, 0.6) is 5.88 Å². The Morgan fingerprint density at radius 1 is 1.18 bits per heavy atom. The number of anilines is 1. The Morgan fingerprint density at radius 3 is 2.64 bits per heavy atom. The van der Waals surface area contributed by atoms with E-state index in [1.54, 1.807) is 12.1 Å². The Hall–Kier alpha value is -5.04. The highest BCUT2D eigenvalue weighted by Crippen LogP contribution is 2.30. The number of hydrogen-bond donors (Lipinski definition) is 0. The maximum absolute atomic E-state index is 14.4. The predicted molar refractivity (Wildman–Crippen MR) is 164 cm³/mol. The molecule has 2 aliphatic heterocycles. The number of carbonyl (C=O) groups excluding carboxylic acids is 1. The van der Waals surface area contributed by atoms with Crippen LogP contribution in [-0.4, -0.2) is 71.4 Å². The number of esters is 1. The van der Waals surface area contributed by atoms with Crippen molar-refractivity contribution in [3.63, 3.8) is 0 Å². The number of piperazine rings is 1. The van der Waals surface area contributed by atoms with Crippen molar-refractivity contribution in [3.05, 3.63) is 88.3 Å². The number of nitrogens with zero attached hydrogens (tertiary/aromatic N) is 7. The highest BCUT2D eigenvalue weighted by molar-refractivity contribution is 5.93. The lowest BCUT2D eigenvalue weighted by Gasteiger charge is -2.38. The van der Waals surface area contributed by atoms with Crippen LogP contribution in [0, 0.1) is 23.7 Å². The second-order valence-corrected chi connectivity index (χ2v) is 11.1.